The Morgan fingerprint density at radius 3 is 1.47 bits per heavy atom. The molecule has 2 aliphatic rings. The van der Waals surface area contributed by atoms with Crippen LogP contribution in [0.5, 0.6) is 0 Å². The smallest absolute Gasteiger partial charge is 0.265 e. The molecule has 0 radical (unpaired) electrons. The van der Waals surface area contributed by atoms with E-state index in [1.54, 1.807) is 26.2 Å². The van der Waals surface area contributed by atoms with Crippen molar-refractivity contribution in [3.63, 3.8) is 0 Å². The lowest BCUT2D eigenvalue weighted by Crippen LogP contribution is -2.22. The van der Waals surface area contributed by atoms with E-state index < -0.39 is 11.6 Å². The Labute approximate surface area is 197 Å². The molecule has 2 fully saturated rings. The van der Waals surface area contributed by atoms with E-state index in [0.29, 0.717) is 28.2 Å². The van der Waals surface area contributed by atoms with Gasteiger partial charge in [-0.15, -0.1) is 22.7 Å². The maximum atomic E-state index is 14.6. The quantitative estimate of drug-likeness (QED) is 0.401. The standard InChI is InChI=1S/C18H10F2N2O2S6/c1-21-15(23)11(29-17(21)25)5-7-3-9(19)13(27-7)14-10(20)4-8(28-14)6-12-16(24)22(2)18(26)30-12/h3-6H,1-2H3/b11-5-,12-6-. The van der Waals surface area contributed by atoms with Crippen LogP contribution in [-0.4, -0.2) is 44.4 Å². The SMILES string of the molecule is CN1C(=O)/C(=C/c2cc(F)c(-c3sc(/C=C4\SC(=S)N(C)C4=O)cc3F)s2)SC1=S. The molecule has 2 aliphatic heterocycles. The highest BCUT2D eigenvalue weighted by atomic mass is 32.2. The van der Waals surface area contributed by atoms with Crippen LogP contribution in [0.4, 0.5) is 8.78 Å². The Kier molecular flexibility index (Phi) is 5.99. The van der Waals surface area contributed by atoms with Crippen LogP contribution in [0, 0.1) is 11.6 Å². The number of hydrogen-bond acceptors (Lipinski definition) is 8. The minimum absolute atomic E-state index is 0.137. The van der Waals surface area contributed by atoms with Crippen molar-refractivity contribution >= 4 is 103 Å². The van der Waals surface area contributed by atoms with E-state index in [2.05, 4.69) is 0 Å². The number of amides is 2. The maximum absolute atomic E-state index is 14.6. The molecule has 0 aliphatic carbocycles. The Bertz CT molecular complexity index is 1100. The fourth-order valence-electron chi connectivity index (χ4n) is 2.57. The number of thiophene rings is 2. The molecule has 12 heteroatoms. The van der Waals surface area contributed by atoms with Crippen LogP contribution in [0.2, 0.25) is 0 Å². The summed E-state index contributed by atoms with van der Waals surface area (Å²) in [5, 5.41) is 0. The number of nitrogens with zero attached hydrogens (tertiary/aromatic N) is 2. The lowest BCUT2D eigenvalue weighted by molar-refractivity contribution is -0.122. The molecule has 0 unspecified atom stereocenters. The van der Waals surface area contributed by atoms with E-state index in [4.69, 9.17) is 24.4 Å². The van der Waals surface area contributed by atoms with Crippen molar-refractivity contribution in [2.75, 3.05) is 14.1 Å². The zero-order chi connectivity index (χ0) is 21.7. The third-order valence-corrected chi connectivity index (χ3v) is 9.39. The average Bonchev–Trinajstić information content (AvgIpc) is 3.37. The molecule has 0 saturated carbocycles. The minimum atomic E-state index is -0.578. The second-order valence-electron chi connectivity index (χ2n) is 6.13. The van der Waals surface area contributed by atoms with Crippen LogP contribution < -0.4 is 0 Å². The fourth-order valence-corrected chi connectivity index (χ4v) is 7.16. The van der Waals surface area contributed by atoms with Crippen molar-refractivity contribution in [1.29, 1.82) is 0 Å². The predicted molar refractivity (Wildman–Crippen MR) is 129 cm³/mol. The maximum Gasteiger partial charge on any atom is 0.265 e. The lowest BCUT2D eigenvalue weighted by atomic mass is 10.3. The van der Waals surface area contributed by atoms with Crippen LogP contribution >= 0.6 is 70.6 Å². The molecule has 2 aromatic rings. The summed E-state index contributed by atoms with van der Waals surface area (Å²) in [6.07, 6.45) is 3.11. The van der Waals surface area contributed by atoms with Crippen molar-refractivity contribution in [3.05, 3.63) is 43.3 Å². The highest BCUT2D eigenvalue weighted by Crippen LogP contribution is 2.42. The molecule has 4 rings (SSSR count). The van der Waals surface area contributed by atoms with E-state index >= 15 is 0 Å². The van der Waals surface area contributed by atoms with E-state index in [0.717, 1.165) is 46.2 Å². The summed E-state index contributed by atoms with van der Waals surface area (Å²) in [7, 11) is 3.15. The molecule has 0 N–H and O–H groups in total. The normalized spacial score (nSPS) is 20.0. The second kappa shape index (κ2) is 8.24. The van der Waals surface area contributed by atoms with Gasteiger partial charge < -0.3 is 0 Å². The summed E-state index contributed by atoms with van der Waals surface area (Å²) in [6, 6.07) is 2.53. The largest absolute Gasteiger partial charge is 0.296 e. The Morgan fingerprint density at radius 1 is 0.800 bits per heavy atom. The van der Waals surface area contributed by atoms with Gasteiger partial charge in [0, 0.05) is 23.8 Å². The van der Waals surface area contributed by atoms with Gasteiger partial charge >= 0.3 is 0 Å². The highest BCUT2D eigenvalue weighted by molar-refractivity contribution is 8.27. The predicted octanol–water partition coefficient (Wildman–Crippen LogP) is 5.42. The molecule has 4 heterocycles. The summed E-state index contributed by atoms with van der Waals surface area (Å²) in [6.45, 7) is 0. The van der Waals surface area contributed by atoms with Gasteiger partial charge in [0.25, 0.3) is 11.8 Å². The second-order valence-corrected chi connectivity index (χ2v) is 11.7. The van der Waals surface area contributed by atoms with E-state index in [-0.39, 0.29) is 21.6 Å². The molecular weight excluding hydrogens is 507 g/mol. The number of thiocarbonyl (C=S) groups is 2. The molecule has 30 heavy (non-hydrogen) atoms. The van der Waals surface area contributed by atoms with Gasteiger partial charge in [0.2, 0.25) is 0 Å². The summed E-state index contributed by atoms with van der Waals surface area (Å²) >= 11 is 14.5. The van der Waals surface area contributed by atoms with Crippen molar-refractivity contribution in [3.8, 4) is 9.75 Å². The van der Waals surface area contributed by atoms with Gasteiger partial charge in [0.1, 0.15) is 20.3 Å². The Balaban J connectivity index is 1.65. The highest BCUT2D eigenvalue weighted by Gasteiger charge is 2.30. The molecule has 2 aromatic heterocycles. The molecule has 0 aromatic carbocycles. The number of rotatable bonds is 3. The van der Waals surface area contributed by atoms with Gasteiger partial charge in [-0.05, 0) is 24.3 Å². The topological polar surface area (TPSA) is 40.6 Å². The van der Waals surface area contributed by atoms with E-state index in [1.165, 1.54) is 21.9 Å². The number of halogens is 2. The Hall–Kier alpha value is -1.44. The van der Waals surface area contributed by atoms with Crippen LogP contribution in [0.15, 0.2) is 21.9 Å². The summed E-state index contributed by atoms with van der Waals surface area (Å²) in [4.78, 5) is 29.0. The van der Waals surface area contributed by atoms with Crippen LogP contribution in [0.25, 0.3) is 21.9 Å². The molecule has 2 saturated heterocycles. The third kappa shape index (κ3) is 3.92. The number of likely N-dealkylation sites (N-methyl/N-ethyl adjacent to an activating group) is 2. The zero-order valence-corrected chi connectivity index (χ0v) is 20.1. The number of carbonyl (C=O) groups excluding carboxylic acids is 2. The fraction of sp³-hybridized carbons (Fsp3) is 0.111. The first-order valence-electron chi connectivity index (χ1n) is 8.18. The van der Waals surface area contributed by atoms with Crippen LogP contribution in [-0.2, 0) is 9.59 Å². The molecule has 4 nitrogen and oxygen atoms in total. The van der Waals surface area contributed by atoms with Gasteiger partial charge in [0.05, 0.1) is 19.6 Å². The van der Waals surface area contributed by atoms with Gasteiger partial charge in [-0.25, -0.2) is 8.78 Å². The molecular formula is C18H10F2N2O2S6. The molecule has 154 valence electrons. The molecule has 2 amide bonds. The van der Waals surface area contributed by atoms with E-state index in [1.807, 2.05) is 0 Å². The van der Waals surface area contributed by atoms with Crippen LogP contribution in [0.3, 0.4) is 0 Å². The number of carbonyl (C=O) groups is 2. The molecule has 0 atom stereocenters. The Morgan fingerprint density at radius 2 is 1.17 bits per heavy atom. The average molecular weight is 517 g/mol. The summed E-state index contributed by atoms with van der Waals surface area (Å²) < 4.78 is 30.0. The summed E-state index contributed by atoms with van der Waals surface area (Å²) in [5.74, 6) is -1.66. The summed E-state index contributed by atoms with van der Waals surface area (Å²) in [5.41, 5.74) is 0. The number of hydrogen-bond donors (Lipinski definition) is 0. The first-order chi connectivity index (χ1) is 14.2. The number of thioether (sulfide) groups is 2. The van der Waals surface area contributed by atoms with E-state index in [9.17, 15) is 18.4 Å². The monoisotopic (exact) mass is 516 g/mol. The molecule has 0 bridgehead atoms. The minimum Gasteiger partial charge on any atom is -0.296 e. The van der Waals surface area contributed by atoms with Crippen molar-refractivity contribution in [2.24, 2.45) is 0 Å². The van der Waals surface area contributed by atoms with Gasteiger partial charge in [0.15, 0.2) is 0 Å². The molecule has 0 spiro atoms. The van der Waals surface area contributed by atoms with Crippen molar-refractivity contribution in [1.82, 2.24) is 9.80 Å². The third-order valence-electron chi connectivity index (χ3n) is 4.14. The first-order valence-corrected chi connectivity index (χ1v) is 12.3. The van der Waals surface area contributed by atoms with Gasteiger partial charge in [-0.2, -0.15) is 0 Å². The van der Waals surface area contributed by atoms with Gasteiger partial charge in [-0.1, -0.05) is 48.0 Å². The lowest BCUT2D eigenvalue weighted by Gasteiger charge is -2.03. The van der Waals surface area contributed by atoms with Crippen molar-refractivity contribution in [2.45, 2.75) is 0 Å². The van der Waals surface area contributed by atoms with Gasteiger partial charge in [-0.3, -0.25) is 19.4 Å². The zero-order valence-electron chi connectivity index (χ0n) is 15.2. The van der Waals surface area contributed by atoms with Crippen LogP contribution in [0.1, 0.15) is 9.75 Å². The van der Waals surface area contributed by atoms with Crippen molar-refractivity contribution < 1.29 is 18.4 Å². The first kappa shape index (κ1) is 21.8.